The number of aryl methyl sites for hydroxylation is 10. The molecule has 2 heteroatoms. The predicted molar refractivity (Wildman–Crippen MR) is 325 cm³/mol. The van der Waals surface area contributed by atoms with Crippen LogP contribution >= 0.6 is 0 Å². The van der Waals surface area contributed by atoms with E-state index in [4.69, 9.17) is 0 Å². The number of benzene rings is 8. The first-order chi connectivity index (χ1) is 36.5. The van der Waals surface area contributed by atoms with Crippen molar-refractivity contribution >= 4 is 34.1 Å². The van der Waals surface area contributed by atoms with E-state index in [0.29, 0.717) is 0 Å². The number of nitrogens with zero attached hydrogens (tertiary/aromatic N) is 2. The zero-order valence-electron chi connectivity index (χ0n) is 47.3. The summed E-state index contributed by atoms with van der Waals surface area (Å²) in [6, 6.07) is 62.2. The van der Waals surface area contributed by atoms with Gasteiger partial charge in [-0.2, -0.15) is 0 Å². The van der Waals surface area contributed by atoms with E-state index in [0.717, 1.165) is 42.7 Å². The van der Waals surface area contributed by atoms with Crippen LogP contribution in [0.4, 0.5) is 34.1 Å². The van der Waals surface area contributed by atoms with Crippen LogP contribution in [0.3, 0.4) is 0 Å². The van der Waals surface area contributed by atoms with Gasteiger partial charge in [0.2, 0.25) is 0 Å². The van der Waals surface area contributed by atoms with E-state index in [2.05, 4.69) is 237 Å². The molecule has 0 saturated heterocycles. The largest absolute Gasteiger partial charge is 0.310 e. The van der Waals surface area contributed by atoms with E-state index in [9.17, 15) is 0 Å². The second-order valence-electron chi connectivity index (χ2n) is 22.2. The van der Waals surface area contributed by atoms with Crippen LogP contribution in [0.1, 0.15) is 170 Å². The number of anilines is 6. The minimum Gasteiger partial charge on any atom is -0.310 e. The van der Waals surface area contributed by atoms with Crippen molar-refractivity contribution in [1.82, 2.24) is 0 Å². The van der Waals surface area contributed by atoms with E-state index in [1.165, 1.54) is 170 Å². The number of hydrogen-bond acceptors (Lipinski definition) is 2. The molecule has 0 atom stereocenters. The molecule has 0 amide bonds. The number of fused-ring (bicyclic) bond motifs is 3. The summed E-state index contributed by atoms with van der Waals surface area (Å²) in [6.07, 6.45) is 16.7. The molecule has 0 N–H and O–H groups in total. The predicted octanol–water partition coefficient (Wildman–Crippen LogP) is 21.0. The lowest BCUT2D eigenvalue weighted by Gasteiger charge is -2.35. The van der Waals surface area contributed by atoms with Crippen LogP contribution in [0, 0.1) is 41.5 Å². The lowest BCUT2D eigenvalue weighted by Crippen LogP contribution is -2.29. The Balaban J connectivity index is 1.19. The SMILES string of the molecule is CCCCCCc1ccc(C2(c3ccc(N(c4ccc(N(c5ccc(CCCC)cc5)c5c(C)cc(CCCC)cc5C)cc4)c4c(C)cc(CCCC)cc4C)cc3)c3cc(C)ccc3-c3ccc(C)cc32)cc1. The second kappa shape index (κ2) is 23.9. The summed E-state index contributed by atoms with van der Waals surface area (Å²) in [6.45, 7) is 22.9. The Morgan fingerprint density at radius 2 is 0.627 bits per heavy atom. The van der Waals surface area contributed by atoms with Gasteiger partial charge in [0.25, 0.3) is 0 Å². The van der Waals surface area contributed by atoms with Gasteiger partial charge in [-0.25, -0.2) is 0 Å². The molecule has 9 rings (SSSR count). The molecule has 8 aromatic carbocycles. The summed E-state index contributed by atoms with van der Waals surface area (Å²) in [4.78, 5) is 5.03. The molecule has 1 aliphatic rings. The first-order valence-corrected chi connectivity index (χ1v) is 28.9. The average molecular weight is 989 g/mol. The molecule has 0 fully saturated rings. The maximum absolute atomic E-state index is 2.53. The maximum Gasteiger partial charge on any atom is 0.0713 e. The van der Waals surface area contributed by atoms with Crippen molar-refractivity contribution in [3.63, 3.8) is 0 Å². The Morgan fingerprint density at radius 1 is 0.307 bits per heavy atom. The van der Waals surface area contributed by atoms with Crippen LogP contribution in [0.2, 0.25) is 0 Å². The molecule has 386 valence electrons. The Bertz CT molecular complexity index is 3090. The molecule has 0 saturated carbocycles. The molecule has 8 aromatic rings. The van der Waals surface area contributed by atoms with Gasteiger partial charge in [-0.15, -0.1) is 0 Å². The van der Waals surface area contributed by atoms with Crippen LogP contribution in [0.5, 0.6) is 0 Å². The van der Waals surface area contributed by atoms with E-state index >= 15 is 0 Å². The number of hydrogen-bond donors (Lipinski definition) is 0. The van der Waals surface area contributed by atoms with Gasteiger partial charge in [0, 0.05) is 22.7 Å². The first kappa shape index (κ1) is 53.2. The third-order valence-electron chi connectivity index (χ3n) is 16.3. The molecule has 0 radical (unpaired) electrons. The highest BCUT2D eigenvalue weighted by Crippen LogP contribution is 2.57. The first-order valence-electron chi connectivity index (χ1n) is 28.9. The van der Waals surface area contributed by atoms with E-state index in [-0.39, 0.29) is 0 Å². The molecular weight excluding hydrogens is 905 g/mol. The van der Waals surface area contributed by atoms with Crippen LogP contribution < -0.4 is 9.80 Å². The van der Waals surface area contributed by atoms with Gasteiger partial charge < -0.3 is 9.80 Å². The summed E-state index contributed by atoms with van der Waals surface area (Å²) < 4.78 is 0. The molecule has 0 aliphatic heterocycles. The van der Waals surface area contributed by atoms with Crippen LogP contribution in [-0.2, 0) is 31.1 Å². The van der Waals surface area contributed by atoms with Crippen LogP contribution in [0.25, 0.3) is 11.1 Å². The van der Waals surface area contributed by atoms with Gasteiger partial charge in [0.05, 0.1) is 16.8 Å². The second-order valence-corrected chi connectivity index (χ2v) is 22.2. The Hall–Kier alpha value is -6.64. The van der Waals surface area contributed by atoms with Crippen molar-refractivity contribution in [3.8, 4) is 11.1 Å². The standard InChI is InChI=1S/C73H84N2/c1-11-15-19-20-24-58-27-31-61(32-28-58)73(69-45-51(5)25-43-67(69)68-44-26-52(6)46-70(68)73)62-33-37-64(38-34-62)75(72-55(9)49-60(23-18-14-4)50-56(72)10)66-41-39-65(40-42-66)74(63-35-29-57(30-36-63)21-16-12-2)71-53(7)47-59(22-17-13-3)48-54(71)8/h25-50H,11-24H2,1-10H3. The van der Waals surface area contributed by atoms with Crippen molar-refractivity contribution < 1.29 is 0 Å². The third-order valence-corrected chi connectivity index (χ3v) is 16.3. The zero-order chi connectivity index (χ0) is 52.6. The van der Waals surface area contributed by atoms with Gasteiger partial charge in [-0.1, -0.05) is 187 Å². The molecular formula is C73H84N2. The number of rotatable bonds is 22. The highest BCUT2D eigenvalue weighted by molar-refractivity contribution is 5.88. The molecule has 0 bridgehead atoms. The molecule has 1 aliphatic carbocycles. The Labute approximate surface area is 452 Å². The van der Waals surface area contributed by atoms with Crippen LogP contribution in [-0.4, -0.2) is 0 Å². The fraction of sp³-hybridized carbons (Fsp3) is 0.342. The minimum atomic E-state index is -0.483. The fourth-order valence-corrected chi connectivity index (χ4v) is 12.5. The average Bonchev–Trinajstić information content (AvgIpc) is 3.74. The quantitative estimate of drug-likeness (QED) is 0.0625. The highest BCUT2D eigenvalue weighted by Gasteiger charge is 2.46. The van der Waals surface area contributed by atoms with Gasteiger partial charge in [0.1, 0.15) is 0 Å². The molecule has 2 nitrogen and oxygen atoms in total. The monoisotopic (exact) mass is 989 g/mol. The van der Waals surface area contributed by atoms with E-state index in [1.54, 1.807) is 0 Å². The fourth-order valence-electron chi connectivity index (χ4n) is 12.5. The minimum absolute atomic E-state index is 0.483. The molecule has 0 unspecified atom stereocenters. The van der Waals surface area contributed by atoms with Crippen molar-refractivity contribution in [3.05, 3.63) is 236 Å². The molecule has 75 heavy (non-hydrogen) atoms. The van der Waals surface area contributed by atoms with Gasteiger partial charge in [0.15, 0.2) is 0 Å². The highest BCUT2D eigenvalue weighted by atomic mass is 15.2. The molecule has 0 heterocycles. The van der Waals surface area contributed by atoms with Gasteiger partial charge in [-0.3, -0.25) is 0 Å². The molecule has 0 spiro atoms. The van der Waals surface area contributed by atoms with Gasteiger partial charge >= 0.3 is 0 Å². The zero-order valence-corrected chi connectivity index (χ0v) is 47.3. The van der Waals surface area contributed by atoms with Crippen molar-refractivity contribution in [2.45, 2.75) is 165 Å². The van der Waals surface area contributed by atoms with E-state index < -0.39 is 5.41 Å². The normalized spacial score (nSPS) is 12.5. The summed E-state index contributed by atoms with van der Waals surface area (Å²) in [7, 11) is 0. The smallest absolute Gasteiger partial charge is 0.0713 e. The topological polar surface area (TPSA) is 6.48 Å². The van der Waals surface area contributed by atoms with E-state index in [1.807, 2.05) is 0 Å². The third kappa shape index (κ3) is 11.1. The van der Waals surface area contributed by atoms with Gasteiger partial charge in [-0.05, 0) is 219 Å². The summed E-state index contributed by atoms with van der Waals surface area (Å²) in [5, 5.41) is 0. The maximum atomic E-state index is 2.53. The van der Waals surface area contributed by atoms with Crippen molar-refractivity contribution in [2.75, 3.05) is 9.80 Å². The van der Waals surface area contributed by atoms with Crippen molar-refractivity contribution in [2.24, 2.45) is 0 Å². The Kier molecular flexibility index (Phi) is 17.0. The lowest BCUT2D eigenvalue weighted by molar-refractivity contribution is 0.666. The Morgan fingerprint density at radius 3 is 1.01 bits per heavy atom. The summed E-state index contributed by atoms with van der Waals surface area (Å²) >= 11 is 0. The number of unbranched alkanes of at least 4 members (excludes halogenated alkanes) is 6. The summed E-state index contributed by atoms with van der Waals surface area (Å²) in [5.41, 5.74) is 28.1. The molecule has 0 aromatic heterocycles. The van der Waals surface area contributed by atoms with Crippen molar-refractivity contribution in [1.29, 1.82) is 0 Å². The van der Waals surface area contributed by atoms with Crippen LogP contribution in [0.15, 0.2) is 158 Å². The summed E-state index contributed by atoms with van der Waals surface area (Å²) in [5.74, 6) is 0. The lowest BCUT2D eigenvalue weighted by atomic mass is 9.67.